The van der Waals surface area contributed by atoms with E-state index in [0.717, 1.165) is 0 Å². The predicted octanol–water partition coefficient (Wildman–Crippen LogP) is 21.6. The average molecular weight is 1440 g/mol. The summed E-state index contributed by atoms with van der Waals surface area (Å²) in [7, 11) is 0. The lowest BCUT2D eigenvalue weighted by Crippen LogP contribution is -2.03. The maximum absolute atomic E-state index is 14.2. The van der Waals surface area contributed by atoms with E-state index in [4.69, 9.17) is 95.3 Å². The molecule has 0 fully saturated rings. The van der Waals surface area contributed by atoms with Crippen molar-refractivity contribution in [1.29, 1.82) is 0 Å². The minimum atomic E-state index is -0.296. The molecule has 2 N–H and O–H groups in total. The Labute approximate surface area is 610 Å². The molecule has 104 heavy (non-hydrogen) atoms. The minimum absolute atomic E-state index is 0.206. The van der Waals surface area contributed by atoms with Crippen LogP contribution >= 0.6 is 46.4 Å². The summed E-state index contributed by atoms with van der Waals surface area (Å²) in [5, 5.41) is 3.58. The molecule has 0 radical (unpaired) electrons. The lowest BCUT2D eigenvalue weighted by molar-refractivity contribution is 0.102. The molecule has 0 aliphatic carbocycles. The lowest BCUT2D eigenvalue weighted by atomic mass is 10.0. The highest BCUT2D eigenvalue weighted by Gasteiger charge is 2.28. The van der Waals surface area contributed by atoms with E-state index in [1.54, 1.807) is 218 Å². The second kappa shape index (κ2) is 26.9. The van der Waals surface area contributed by atoms with E-state index in [2.05, 4.69) is 9.97 Å². The number of carbonyl (C=O) groups excluding carboxylic acids is 4. The summed E-state index contributed by atoms with van der Waals surface area (Å²) in [4.78, 5) is 95.3. The Kier molecular flexibility index (Phi) is 16.6. The zero-order chi connectivity index (χ0) is 70.7. The first-order valence-corrected chi connectivity index (χ1v) is 33.9. The van der Waals surface area contributed by atoms with Crippen LogP contribution < -0.4 is 18.9 Å². The maximum atomic E-state index is 14.2. The standard InChI is InChI=1S/C84H46Cl4N8O8/c85-49-21-33-69(65(37-49)73(97)45-13-5-1-6-14-45)101-53-25-29-57-61(41-53)81-89-77(57)94-82-63-43-55(103-71-35-23-51(87)39-67(71)75(99)47-17-9-3-10-18-47)27-31-59(63)79(91-82)96-84-64-44-56(104-72-36-24-52(88)40-68(72)76(100)48-19-11-4-12-20-48)28-32-60(64)80(92-84)95-83-62-42-54(26-30-58(62)78(90-83)93-81)102-70-34-22-50(86)38-66(70)74(98)46-15-7-2-8-16-46/h1-44H,(H2,89,90,91,92,93,94,95,96). The van der Waals surface area contributed by atoms with Crippen LogP contribution in [-0.4, -0.2) is 63.0 Å². The Bertz CT molecular complexity index is 5900. The molecule has 8 bridgehead atoms. The van der Waals surface area contributed by atoms with E-state index in [0.29, 0.717) is 132 Å². The summed E-state index contributed by atoms with van der Waals surface area (Å²) < 4.78 is 26.6. The molecule has 0 spiro atoms. The zero-order valence-electron chi connectivity index (χ0n) is 53.9. The largest absolute Gasteiger partial charge is 0.457 e. The molecule has 16 nitrogen and oxygen atoms in total. The van der Waals surface area contributed by atoms with E-state index in [1.807, 2.05) is 48.5 Å². The third-order valence-corrected chi connectivity index (χ3v) is 18.5. The number of fused-ring (bicyclic) bond motifs is 20. The van der Waals surface area contributed by atoms with Gasteiger partial charge in [0.25, 0.3) is 0 Å². The van der Waals surface area contributed by atoms with Gasteiger partial charge < -0.3 is 28.9 Å². The van der Waals surface area contributed by atoms with Crippen molar-refractivity contribution in [2.45, 2.75) is 0 Å². The molecule has 20 heteroatoms. The summed E-state index contributed by atoms with van der Waals surface area (Å²) in [5.41, 5.74) is 6.05. The Morgan fingerprint density at radius 3 is 0.808 bits per heavy atom. The number of hydrogen-bond donors (Lipinski definition) is 2. The summed E-state index contributed by atoms with van der Waals surface area (Å²) in [5.74, 6) is 2.03. The van der Waals surface area contributed by atoms with Crippen LogP contribution in [0.5, 0.6) is 46.0 Å². The fraction of sp³-hybridized carbons (Fsp3) is 0. The maximum Gasteiger partial charge on any atom is 0.196 e. The van der Waals surface area contributed by atoms with E-state index < -0.39 is 0 Å². The topological polar surface area (TPSA) is 214 Å². The van der Waals surface area contributed by atoms with Crippen molar-refractivity contribution in [2.24, 2.45) is 0 Å². The Hall–Kier alpha value is -13.0. The molecule has 12 aromatic carbocycles. The van der Waals surface area contributed by atoms with Gasteiger partial charge in [0.2, 0.25) is 0 Å². The highest BCUT2D eigenvalue weighted by Crippen LogP contribution is 2.44. The molecule has 0 atom stereocenters. The van der Waals surface area contributed by atoms with Gasteiger partial charge in [-0.25, -0.2) is 29.9 Å². The lowest BCUT2D eigenvalue weighted by Gasteiger charge is -2.12. The summed E-state index contributed by atoms with van der Waals surface area (Å²) in [6.45, 7) is 0. The smallest absolute Gasteiger partial charge is 0.196 e. The predicted molar refractivity (Wildman–Crippen MR) is 402 cm³/mol. The van der Waals surface area contributed by atoms with Gasteiger partial charge >= 0.3 is 0 Å². The summed E-state index contributed by atoms with van der Waals surface area (Å²) in [6.07, 6.45) is 0. The number of ether oxygens (including phenoxy) is 4. The quantitative estimate of drug-likeness (QED) is 0.0861. The number of carbonyl (C=O) groups is 4. The molecular weight excluding hydrogens is 1390 g/mol. The first-order chi connectivity index (χ1) is 50.7. The molecule has 2 aliphatic heterocycles. The normalized spacial score (nSPS) is 11.4. The third kappa shape index (κ3) is 12.5. The number of H-pyrrole nitrogens is 2. The van der Waals surface area contributed by atoms with Crippen LogP contribution in [0.2, 0.25) is 20.1 Å². The molecule has 2 aliphatic rings. The number of aromatic nitrogens is 8. The Morgan fingerprint density at radius 1 is 0.250 bits per heavy atom. The minimum Gasteiger partial charge on any atom is -0.457 e. The third-order valence-electron chi connectivity index (χ3n) is 17.5. The second-order valence-corrected chi connectivity index (χ2v) is 25.9. The van der Waals surface area contributed by atoms with Crippen molar-refractivity contribution in [1.82, 2.24) is 39.9 Å². The molecule has 0 saturated carbocycles. The van der Waals surface area contributed by atoms with Crippen molar-refractivity contribution >= 4 is 114 Å². The monoisotopic (exact) mass is 1430 g/mol. The van der Waals surface area contributed by atoms with Gasteiger partial charge in [-0.05, 0) is 146 Å². The molecule has 15 aromatic rings. The van der Waals surface area contributed by atoms with Crippen LogP contribution in [0.4, 0.5) is 0 Å². The Balaban J connectivity index is 0.877. The Morgan fingerprint density at radius 2 is 0.510 bits per heavy atom. The fourth-order valence-electron chi connectivity index (χ4n) is 12.5. The van der Waals surface area contributed by atoms with Gasteiger partial charge in [0.15, 0.2) is 46.4 Å². The molecule has 3 aromatic heterocycles. The number of aromatic amines is 2. The number of halogens is 4. The van der Waals surface area contributed by atoms with E-state index in [9.17, 15) is 19.2 Å². The van der Waals surface area contributed by atoms with Gasteiger partial charge in [0.05, 0.1) is 22.3 Å². The van der Waals surface area contributed by atoms with Crippen LogP contribution in [0, 0.1) is 0 Å². The molecule has 5 heterocycles. The zero-order valence-corrected chi connectivity index (χ0v) is 56.9. The van der Waals surface area contributed by atoms with Crippen molar-refractivity contribution < 1.29 is 38.1 Å². The highest BCUT2D eigenvalue weighted by atomic mass is 35.5. The highest BCUT2D eigenvalue weighted by molar-refractivity contribution is 6.33. The number of rotatable bonds is 16. The van der Waals surface area contributed by atoms with Crippen molar-refractivity contribution in [3.05, 3.63) is 332 Å². The number of nitrogens with one attached hydrogen (secondary N) is 2. The van der Waals surface area contributed by atoms with Gasteiger partial charge in [-0.1, -0.05) is 168 Å². The van der Waals surface area contributed by atoms with Gasteiger partial charge in [0, 0.05) is 86.1 Å². The van der Waals surface area contributed by atoms with Crippen molar-refractivity contribution in [2.75, 3.05) is 0 Å². The van der Waals surface area contributed by atoms with E-state index in [-0.39, 0.29) is 91.7 Å². The molecule has 498 valence electrons. The van der Waals surface area contributed by atoms with Crippen molar-refractivity contribution in [3.63, 3.8) is 0 Å². The first-order valence-electron chi connectivity index (χ1n) is 32.4. The van der Waals surface area contributed by atoms with E-state index in [1.165, 1.54) is 0 Å². The summed E-state index contributed by atoms with van der Waals surface area (Å²) in [6, 6.07) is 76.3. The van der Waals surface area contributed by atoms with Gasteiger partial charge in [-0.3, -0.25) is 19.2 Å². The number of ketones is 4. The molecule has 0 amide bonds. The van der Waals surface area contributed by atoms with Gasteiger partial charge in [-0.2, -0.15) is 0 Å². The second-order valence-electron chi connectivity index (χ2n) is 24.2. The molecule has 0 unspecified atom stereocenters. The van der Waals surface area contributed by atoms with E-state index >= 15 is 0 Å². The number of nitrogens with zero attached hydrogens (tertiary/aromatic N) is 6. The molecule has 17 rings (SSSR count). The summed E-state index contributed by atoms with van der Waals surface area (Å²) >= 11 is 26.2. The van der Waals surface area contributed by atoms with Crippen LogP contribution in [-0.2, 0) is 0 Å². The molecular formula is C84H46Cl4N8O8. The number of hydrogen-bond acceptors (Lipinski definition) is 14. The number of benzene rings is 12. The van der Waals surface area contributed by atoms with Crippen LogP contribution in [0.25, 0.3) is 89.7 Å². The van der Waals surface area contributed by atoms with Gasteiger partial charge in [-0.15, -0.1) is 0 Å². The first kappa shape index (κ1) is 64.4. The fourth-order valence-corrected chi connectivity index (χ4v) is 13.2. The average Bonchev–Trinajstić information content (AvgIpc) is 1.59. The SMILES string of the molecule is O=C(c1ccccc1)c1cc(Cl)ccc1Oc1ccc2c(c1)-c1nc-2nc2[nH]c(nc3nc(nc4[nH]c(n1)c1ccc(Oc5ccc(Cl)cc5C(=O)c5ccccc5)cc41)-c1ccc(Oc4ccc(Cl)cc4C(=O)c4ccccc4)cc1-3)c1ccc(Oc3ccc(Cl)cc3C(=O)c3ccccc3)cc21. The van der Waals surface area contributed by atoms with Crippen LogP contribution in [0.3, 0.4) is 0 Å². The van der Waals surface area contributed by atoms with Crippen LogP contribution in [0.1, 0.15) is 63.7 Å². The van der Waals surface area contributed by atoms with Crippen LogP contribution in [0.15, 0.2) is 267 Å². The van der Waals surface area contributed by atoms with Crippen molar-refractivity contribution in [3.8, 4) is 91.5 Å². The van der Waals surface area contributed by atoms with Gasteiger partial charge in [0.1, 0.15) is 68.6 Å². The molecule has 0 saturated heterocycles.